The zero-order chi connectivity index (χ0) is 14.5. The summed E-state index contributed by atoms with van der Waals surface area (Å²) in [5.41, 5.74) is 0.885. The van der Waals surface area contributed by atoms with Crippen LogP contribution in [0.1, 0.15) is 27.8 Å². The molecule has 2 rings (SSSR count). The van der Waals surface area contributed by atoms with E-state index in [2.05, 4.69) is 15.0 Å². The fraction of sp³-hybridized carbons (Fsp3) is 0.231. The number of benzene rings is 1. The standard InChI is InChI=1S/C13H13N3O4/c1-3-20-12(17)9-6-4-5-7-11(9)16-8-10(14-15-16)13(18)19-2/h4-8H,3H2,1-2H3. The van der Waals surface area contributed by atoms with E-state index < -0.39 is 11.9 Å². The Hall–Kier alpha value is -2.70. The van der Waals surface area contributed by atoms with E-state index in [1.807, 2.05) is 0 Å². The lowest BCUT2D eigenvalue weighted by atomic mass is 10.2. The van der Waals surface area contributed by atoms with Crippen LogP contribution in [0.15, 0.2) is 30.5 Å². The van der Waals surface area contributed by atoms with Crippen LogP contribution < -0.4 is 0 Å². The summed E-state index contributed by atoms with van der Waals surface area (Å²) in [6.45, 7) is 2.00. The molecule has 0 fully saturated rings. The molecule has 0 aliphatic heterocycles. The monoisotopic (exact) mass is 275 g/mol. The van der Waals surface area contributed by atoms with Crippen LogP contribution in [0.25, 0.3) is 5.69 Å². The maximum Gasteiger partial charge on any atom is 0.360 e. The van der Waals surface area contributed by atoms with Crippen LogP contribution in [-0.4, -0.2) is 40.6 Å². The van der Waals surface area contributed by atoms with Gasteiger partial charge < -0.3 is 9.47 Å². The Morgan fingerprint density at radius 1 is 1.25 bits per heavy atom. The second-order valence-corrected chi connectivity index (χ2v) is 3.78. The van der Waals surface area contributed by atoms with Gasteiger partial charge in [0.2, 0.25) is 0 Å². The summed E-state index contributed by atoms with van der Waals surface area (Å²) in [5.74, 6) is -1.05. The fourth-order valence-corrected chi connectivity index (χ4v) is 1.63. The quantitative estimate of drug-likeness (QED) is 0.780. The number of hydrogen-bond acceptors (Lipinski definition) is 6. The SMILES string of the molecule is CCOC(=O)c1ccccc1-n1cc(C(=O)OC)nn1. The van der Waals surface area contributed by atoms with Crippen LogP contribution in [0, 0.1) is 0 Å². The lowest BCUT2D eigenvalue weighted by molar-refractivity contribution is 0.0525. The molecule has 0 bridgehead atoms. The van der Waals surface area contributed by atoms with Crippen molar-refractivity contribution < 1.29 is 19.1 Å². The van der Waals surface area contributed by atoms with Gasteiger partial charge >= 0.3 is 11.9 Å². The average Bonchev–Trinajstić information content (AvgIpc) is 2.96. The molecule has 2 aromatic rings. The number of hydrogen-bond donors (Lipinski definition) is 0. The number of esters is 2. The van der Waals surface area contributed by atoms with E-state index >= 15 is 0 Å². The second kappa shape index (κ2) is 5.96. The number of nitrogens with zero attached hydrogens (tertiary/aromatic N) is 3. The van der Waals surface area contributed by atoms with Crippen LogP contribution >= 0.6 is 0 Å². The first-order valence-electron chi connectivity index (χ1n) is 5.94. The maximum absolute atomic E-state index is 11.9. The van der Waals surface area contributed by atoms with Crippen molar-refractivity contribution in [2.75, 3.05) is 13.7 Å². The Balaban J connectivity index is 2.40. The van der Waals surface area contributed by atoms with Crippen molar-refractivity contribution in [3.8, 4) is 5.69 Å². The molecule has 0 N–H and O–H groups in total. The minimum absolute atomic E-state index is 0.0613. The lowest BCUT2D eigenvalue weighted by Gasteiger charge is -2.07. The average molecular weight is 275 g/mol. The Morgan fingerprint density at radius 2 is 2.00 bits per heavy atom. The first-order chi connectivity index (χ1) is 9.67. The molecule has 0 spiro atoms. The summed E-state index contributed by atoms with van der Waals surface area (Å²) in [5, 5.41) is 7.51. The number of methoxy groups -OCH3 is 1. The molecule has 1 heterocycles. The van der Waals surface area contributed by atoms with Crippen molar-refractivity contribution in [1.82, 2.24) is 15.0 Å². The first-order valence-corrected chi connectivity index (χ1v) is 5.94. The molecule has 0 amide bonds. The number of para-hydroxylation sites is 1. The van der Waals surface area contributed by atoms with Gasteiger partial charge in [-0.15, -0.1) is 5.10 Å². The smallest absolute Gasteiger partial charge is 0.360 e. The van der Waals surface area contributed by atoms with E-state index in [0.29, 0.717) is 11.3 Å². The minimum atomic E-state index is -0.593. The van der Waals surface area contributed by atoms with Crippen LogP contribution in [0.4, 0.5) is 0 Å². The van der Waals surface area contributed by atoms with Crippen molar-refractivity contribution in [3.63, 3.8) is 0 Å². The first kappa shape index (κ1) is 13.7. The Morgan fingerprint density at radius 3 is 2.70 bits per heavy atom. The van der Waals surface area contributed by atoms with Crippen LogP contribution in [0.5, 0.6) is 0 Å². The predicted octanol–water partition coefficient (Wildman–Crippen LogP) is 1.23. The van der Waals surface area contributed by atoms with Crippen molar-refractivity contribution in [2.45, 2.75) is 6.92 Å². The van der Waals surface area contributed by atoms with E-state index in [9.17, 15) is 9.59 Å². The van der Waals surface area contributed by atoms with Gasteiger partial charge in [-0.3, -0.25) is 0 Å². The molecule has 0 radical (unpaired) electrons. The molecule has 20 heavy (non-hydrogen) atoms. The predicted molar refractivity (Wildman–Crippen MR) is 68.7 cm³/mol. The number of carbonyl (C=O) groups is 2. The van der Waals surface area contributed by atoms with Crippen molar-refractivity contribution in [1.29, 1.82) is 0 Å². The van der Waals surface area contributed by atoms with Crippen LogP contribution in [0.3, 0.4) is 0 Å². The molecule has 7 heteroatoms. The zero-order valence-corrected chi connectivity index (χ0v) is 11.1. The van der Waals surface area contributed by atoms with Gasteiger partial charge in [-0.05, 0) is 19.1 Å². The van der Waals surface area contributed by atoms with Gasteiger partial charge in [0, 0.05) is 0 Å². The Bertz CT molecular complexity index is 636. The third kappa shape index (κ3) is 2.66. The number of aromatic nitrogens is 3. The maximum atomic E-state index is 11.9. The lowest BCUT2D eigenvalue weighted by Crippen LogP contribution is -2.10. The molecule has 7 nitrogen and oxygen atoms in total. The van der Waals surface area contributed by atoms with Gasteiger partial charge in [-0.2, -0.15) is 0 Å². The molecule has 0 aliphatic carbocycles. The number of carbonyl (C=O) groups excluding carboxylic acids is 2. The van der Waals surface area contributed by atoms with E-state index in [-0.39, 0.29) is 12.3 Å². The van der Waals surface area contributed by atoms with Gasteiger partial charge in [-0.1, -0.05) is 17.3 Å². The molecular formula is C13H13N3O4. The second-order valence-electron chi connectivity index (χ2n) is 3.78. The molecule has 1 aromatic heterocycles. The zero-order valence-electron chi connectivity index (χ0n) is 11.1. The van der Waals surface area contributed by atoms with E-state index in [1.54, 1.807) is 31.2 Å². The van der Waals surface area contributed by atoms with Gasteiger partial charge in [0.05, 0.1) is 31.2 Å². The molecule has 104 valence electrons. The number of ether oxygens (including phenoxy) is 2. The molecule has 0 saturated carbocycles. The van der Waals surface area contributed by atoms with Gasteiger partial charge in [-0.25, -0.2) is 14.3 Å². The highest BCUT2D eigenvalue weighted by atomic mass is 16.5. The summed E-state index contributed by atoms with van der Waals surface area (Å²) in [6.07, 6.45) is 1.39. The third-order valence-corrected chi connectivity index (χ3v) is 2.53. The molecule has 0 unspecified atom stereocenters. The van der Waals surface area contributed by atoms with Crippen molar-refractivity contribution in [3.05, 3.63) is 41.7 Å². The number of rotatable bonds is 4. The van der Waals surface area contributed by atoms with Crippen molar-refractivity contribution >= 4 is 11.9 Å². The van der Waals surface area contributed by atoms with Gasteiger partial charge in [0.15, 0.2) is 5.69 Å². The van der Waals surface area contributed by atoms with E-state index in [4.69, 9.17) is 4.74 Å². The highest BCUT2D eigenvalue weighted by molar-refractivity contribution is 5.93. The largest absolute Gasteiger partial charge is 0.464 e. The highest BCUT2D eigenvalue weighted by Crippen LogP contribution is 2.15. The Labute approximate surface area is 115 Å². The molecular weight excluding hydrogens is 262 g/mol. The van der Waals surface area contributed by atoms with Crippen molar-refractivity contribution in [2.24, 2.45) is 0 Å². The summed E-state index contributed by atoms with van der Waals surface area (Å²) < 4.78 is 10.9. The van der Waals surface area contributed by atoms with E-state index in [1.165, 1.54) is 18.0 Å². The van der Waals surface area contributed by atoms with Crippen LogP contribution in [-0.2, 0) is 9.47 Å². The topological polar surface area (TPSA) is 83.3 Å². The summed E-state index contributed by atoms with van der Waals surface area (Å²) in [6, 6.07) is 6.76. The van der Waals surface area contributed by atoms with Gasteiger partial charge in [0.1, 0.15) is 0 Å². The highest BCUT2D eigenvalue weighted by Gasteiger charge is 2.16. The Kier molecular flexibility index (Phi) is 4.09. The summed E-state index contributed by atoms with van der Waals surface area (Å²) >= 11 is 0. The summed E-state index contributed by atoms with van der Waals surface area (Å²) in [7, 11) is 1.26. The molecule has 0 atom stereocenters. The minimum Gasteiger partial charge on any atom is -0.464 e. The normalized spacial score (nSPS) is 10.1. The summed E-state index contributed by atoms with van der Waals surface area (Å²) in [4.78, 5) is 23.2. The van der Waals surface area contributed by atoms with Crippen LogP contribution in [0.2, 0.25) is 0 Å². The third-order valence-electron chi connectivity index (χ3n) is 2.53. The van der Waals surface area contributed by atoms with E-state index in [0.717, 1.165) is 0 Å². The molecule has 0 saturated heterocycles. The molecule has 0 aliphatic rings. The fourth-order valence-electron chi connectivity index (χ4n) is 1.63. The molecule has 1 aromatic carbocycles. The van der Waals surface area contributed by atoms with Gasteiger partial charge in [0.25, 0.3) is 0 Å².